The molecule has 6 heterocycles. The van der Waals surface area contributed by atoms with Crippen molar-refractivity contribution in [3.8, 4) is 0 Å². The van der Waals surface area contributed by atoms with E-state index < -0.39 is 229 Å². The molecule has 0 spiro atoms. The minimum absolute atomic E-state index is 0.849. The van der Waals surface area contributed by atoms with E-state index in [1.54, 1.807) is 0 Å². The summed E-state index contributed by atoms with van der Waals surface area (Å²) < 4.78 is 64.3. The van der Waals surface area contributed by atoms with E-state index in [0.29, 0.717) is 0 Å². The van der Waals surface area contributed by atoms with Gasteiger partial charge in [0.25, 0.3) is 0 Å². The third kappa shape index (κ3) is 12.6. The zero-order valence-corrected chi connectivity index (χ0v) is 38.8. The average molecular weight is 1060 g/mol. The van der Waals surface area contributed by atoms with E-state index in [2.05, 4.69) is 10.6 Å². The van der Waals surface area contributed by atoms with Crippen LogP contribution < -0.4 is 10.6 Å². The first kappa shape index (κ1) is 59.1. The van der Waals surface area contributed by atoms with E-state index in [1.165, 1.54) is 6.92 Å². The second-order valence-electron chi connectivity index (χ2n) is 18.3. The van der Waals surface area contributed by atoms with Gasteiger partial charge in [-0.2, -0.15) is 0 Å². The molecule has 0 aromatic heterocycles. The molecule has 418 valence electrons. The molecule has 6 fully saturated rings. The summed E-state index contributed by atoms with van der Waals surface area (Å²) in [4.78, 5) is 25.6. The maximum Gasteiger partial charge on any atom is 0.217 e. The number of amides is 2. The Morgan fingerprint density at radius 3 is 1.31 bits per heavy atom. The van der Waals surface area contributed by atoms with Crippen LogP contribution in [0.1, 0.15) is 20.8 Å². The molecule has 6 saturated heterocycles. The van der Waals surface area contributed by atoms with Crippen molar-refractivity contribution in [2.45, 2.75) is 205 Å². The van der Waals surface area contributed by atoms with Gasteiger partial charge in [0.2, 0.25) is 11.8 Å². The van der Waals surface area contributed by atoms with Crippen molar-refractivity contribution in [2.24, 2.45) is 0 Å². The minimum atomic E-state index is -2.11. The lowest BCUT2D eigenvalue weighted by Crippen LogP contribution is -2.71. The molecule has 32 heteroatoms. The van der Waals surface area contributed by atoms with Gasteiger partial charge in [0.1, 0.15) is 140 Å². The number of carbonyl (C=O) groups is 2. The van der Waals surface area contributed by atoms with Gasteiger partial charge >= 0.3 is 0 Å². The zero-order chi connectivity index (χ0) is 53.2. The summed E-state index contributed by atoms with van der Waals surface area (Å²) in [5, 5.41) is 185. The number of ether oxygens (including phenoxy) is 11. The fourth-order valence-electron chi connectivity index (χ4n) is 9.15. The van der Waals surface area contributed by atoms with Crippen molar-refractivity contribution in [1.29, 1.82) is 0 Å². The van der Waals surface area contributed by atoms with E-state index in [9.17, 15) is 96.4 Å². The highest BCUT2D eigenvalue weighted by Gasteiger charge is 2.58. The Morgan fingerprint density at radius 2 is 0.792 bits per heavy atom. The molecule has 0 radical (unpaired) electrons. The molecule has 6 aliphatic rings. The number of nitrogens with one attached hydrogen (secondary N) is 2. The van der Waals surface area contributed by atoms with Gasteiger partial charge in [0.15, 0.2) is 37.7 Å². The summed E-state index contributed by atoms with van der Waals surface area (Å²) in [5.41, 5.74) is 0. The third-order valence-corrected chi connectivity index (χ3v) is 13.2. The number of carbonyl (C=O) groups excluding carboxylic acids is 2. The molecule has 0 aliphatic carbocycles. The monoisotopic (exact) mass is 1060 g/mol. The van der Waals surface area contributed by atoms with Gasteiger partial charge in [-0.1, -0.05) is 0 Å². The largest absolute Gasteiger partial charge is 0.394 e. The Bertz CT molecular complexity index is 1730. The Labute approximate surface area is 408 Å². The van der Waals surface area contributed by atoms with E-state index in [-0.39, 0.29) is 0 Å². The summed E-state index contributed by atoms with van der Waals surface area (Å²) in [6.07, 6.45) is -52.4. The van der Waals surface area contributed by atoms with Crippen molar-refractivity contribution in [3.05, 3.63) is 0 Å². The predicted molar refractivity (Wildman–Crippen MR) is 221 cm³/mol. The van der Waals surface area contributed by atoms with Crippen LogP contribution in [0, 0.1) is 0 Å². The van der Waals surface area contributed by atoms with E-state index >= 15 is 0 Å². The lowest BCUT2D eigenvalue weighted by atomic mass is 9.94. The molecule has 32 nitrogen and oxygen atoms in total. The lowest BCUT2D eigenvalue weighted by Gasteiger charge is -2.51. The minimum Gasteiger partial charge on any atom is -0.394 e. The van der Waals surface area contributed by atoms with Crippen LogP contribution in [-0.4, -0.2) is 316 Å². The van der Waals surface area contributed by atoms with Crippen LogP contribution in [0.2, 0.25) is 0 Å². The van der Waals surface area contributed by atoms with Gasteiger partial charge in [-0.15, -0.1) is 0 Å². The topological polar surface area (TPSA) is 504 Å². The predicted octanol–water partition coefficient (Wildman–Crippen LogP) is -12.8. The van der Waals surface area contributed by atoms with E-state index in [0.717, 1.165) is 13.8 Å². The summed E-state index contributed by atoms with van der Waals surface area (Å²) >= 11 is 0. The molecule has 19 N–H and O–H groups in total. The van der Waals surface area contributed by atoms with Crippen LogP contribution in [-0.2, 0) is 61.7 Å². The van der Waals surface area contributed by atoms with Gasteiger partial charge in [-0.3, -0.25) is 9.59 Å². The molecule has 72 heavy (non-hydrogen) atoms. The van der Waals surface area contributed by atoms with Crippen LogP contribution in [0.5, 0.6) is 0 Å². The maximum atomic E-state index is 13.0. The van der Waals surface area contributed by atoms with E-state index in [4.69, 9.17) is 52.1 Å². The lowest BCUT2D eigenvalue weighted by molar-refractivity contribution is -0.382. The molecule has 0 aromatic carbocycles. The number of aliphatic hydroxyl groups excluding tert-OH is 17. The highest BCUT2D eigenvalue weighted by Crippen LogP contribution is 2.37. The van der Waals surface area contributed by atoms with E-state index in [1.807, 2.05) is 0 Å². The number of aliphatic hydroxyl groups is 17. The number of rotatable bonds is 17. The van der Waals surface area contributed by atoms with Crippen molar-refractivity contribution >= 4 is 11.8 Å². The molecule has 0 aromatic rings. The van der Waals surface area contributed by atoms with Crippen LogP contribution >= 0.6 is 0 Å². The van der Waals surface area contributed by atoms with Gasteiger partial charge in [0.05, 0.1) is 39.1 Å². The van der Waals surface area contributed by atoms with Crippen molar-refractivity contribution in [1.82, 2.24) is 10.6 Å². The molecular weight excluding hydrogens is 988 g/mol. The standard InChI is InChI=1S/C40H68N2O30/c1-9-19(49)24(54)28(58)38(63-9)71-33-18(42-11(3)48)36(67-15(7-46)32(33)70-40-30(60)26(56)21(51)14(6-45)66-40)62-8-16-31(69-39-29(59)25(55)20(50)13(5-44)65-39)23(53)17(41-10(2)47)37(68-16)72-34-27(57)22(52)12(4-43)64-35(34)61/h9,12-40,43-46,49-61H,4-8H2,1-3H3,(H,41,47)(H,42,48)/t9-,12+,13+,14+,15+,16+,17+,18+,19+,20-,21-,22+,23+,24+,25-,26-,27-,28-,29+,30+,31+,32+,33+,34-,35-,36+,37-,38-,39-,40-/m0/s1. The molecule has 6 rings (SSSR count). The molecule has 0 bridgehead atoms. The second kappa shape index (κ2) is 25.3. The number of hydrogen-bond donors (Lipinski definition) is 19. The Balaban J connectivity index is 1.37. The first-order valence-electron chi connectivity index (χ1n) is 23.0. The van der Waals surface area contributed by atoms with Crippen molar-refractivity contribution in [2.75, 3.05) is 33.0 Å². The zero-order valence-electron chi connectivity index (χ0n) is 38.8. The highest BCUT2D eigenvalue weighted by atomic mass is 16.8. The van der Waals surface area contributed by atoms with Gasteiger partial charge in [0, 0.05) is 13.8 Å². The summed E-state index contributed by atoms with van der Waals surface area (Å²) in [5.74, 6) is -1.70. The van der Waals surface area contributed by atoms with Crippen LogP contribution in [0.3, 0.4) is 0 Å². The third-order valence-electron chi connectivity index (χ3n) is 13.2. The van der Waals surface area contributed by atoms with Crippen molar-refractivity contribution < 1.29 is 149 Å². The SMILES string of the molecule is CC(=O)N[C@H]1[C@H](O[C@H]2[C@@H](O)[C@H](O)[C@@H](CO)O[C@@H]2O)O[C@H](CO[C@@H]2O[C@H](CO)[C@@H](O[C@@H]3O[C@H](CO)[C@H](O)[C@H](O)[C@H]3O)[C@H](O[C@@H]3O[C@@H](C)[C@@H](O)[C@@H](O)[C@@H]3O)[C@H]2NC(C)=O)[C@@H](O[C@@H]2O[C@H](CO)[C@H](O)[C@H](O)[C@H]2O)[C@@H]1O. The highest BCUT2D eigenvalue weighted by molar-refractivity contribution is 5.73. The molecule has 0 saturated carbocycles. The average Bonchev–Trinajstić information content (AvgIpc) is 3.34. The van der Waals surface area contributed by atoms with Gasteiger partial charge in [-0.25, -0.2) is 0 Å². The van der Waals surface area contributed by atoms with Crippen LogP contribution in [0.25, 0.3) is 0 Å². The Hall–Kier alpha value is -2.18. The Morgan fingerprint density at radius 1 is 0.389 bits per heavy atom. The van der Waals surface area contributed by atoms with Gasteiger partial charge < -0.3 is 150 Å². The Kier molecular flexibility index (Phi) is 20.8. The normalized spacial score (nSPS) is 50.3. The summed E-state index contributed by atoms with van der Waals surface area (Å²) in [6.45, 7) is -1.38. The smallest absolute Gasteiger partial charge is 0.217 e. The van der Waals surface area contributed by atoms with Crippen LogP contribution in [0.15, 0.2) is 0 Å². The molecule has 2 amide bonds. The fraction of sp³-hybridized carbons (Fsp3) is 0.950. The fourth-order valence-corrected chi connectivity index (χ4v) is 9.15. The van der Waals surface area contributed by atoms with Gasteiger partial charge in [-0.05, 0) is 6.92 Å². The quantitative estimate of drug-likeness (QED) is 0.0643. The number of hydrogen-bond acceptors (Lipinski definition) is 30. The first-order chi connectivity index (χ1) is 34.0. The second-order valence-corrected chi connectivity index (χ2v) is 18.3. The first-order valence-corrected chi connectivity index (χ1v) is 23.0. The summed E-state index contributed by atoms with van der Waals surface area (Å²) in [6, 6.07) is -3.53. The molecular formula is C40H68N2O30. The summed E-state index contributed by atoms with van der Waals surface area (Å²) in [7, 11) is 0. The van der Waals surface area contributed by atoms with Crippen molar-refractivity contribution in [3.63, 3.8) is 0 Å². The maximum absolute atomic E-state index is 13.0. The molecule has 6 aliphatic heterocycles. The molecule has 30 atom stereocenters. The molecule has 0 unspecified atom stereocenters. The van der Waals surface area contributed by atoms with Crippen LogP contribution in [0.4, 0.5) is 0 Å².